The lowest BCUT2D eigenvalue weighted by Crippen LogP contribution is -2.30. The van der Waals surface area contributed by atoms with Gasteiger partial charge in [0, 0.05) is 19.3 Å². The minimum Gasteiger partial charge on any atom is -0.462 e. The molecule has 1 unspecified atom stereocenters. The number of ether oxygens (including phenoxy) is 3. The van der Waals surface area contributed by atoms with Crippen molar-refractivity contribution in [2.45, 2.75) is 463 Å². The van der Waals surface area contributed by atoms with Gasteiger partial charge in [-0.25, -0.2) is 0 Å². The van der Waals surface area contributed by atoms with Crippen LogP contribution in [0, 0.1) is 0 Å². The van der Waals surface area contributed by atoms with Crippen LogP contribution in [-0.4, -0.2) is 37.2 Å². The van der Waals surface area contributed by atoms with Gasteiger partial charge in [0.25, 0.3) is 0 Å². The Balaban J connectivity index is 4.08. The van der Waals surface area contributed by atoms with Gasteiger partial charge in [-0.05, 0) is 19.3 Å². The molecule has 0 aliphatic heterocycles. The van der Waals surface area contributed by atoms with E-state index in [9.17, 15) is 14.4 Å². The number of carbonyl (C=O) groups excluding carboxylic acids is 3. The predicted molar refractivity (Wildman–Crippen MR) is 363 cm³/mol. The molecule has 0 aromatic carbocycles. The first kappa shape index (κ1) is 81.4. The van der Waals surface area contributed by atoms with Crippen molar-refractivity contribution < 1.29 is 28.6 Å². The van der Waals surface area contributed by atoms with Gasteiger partial charge in [0.2, 0.25) is 0 Å². The normalized spacial score (nSPS) is 11.9. The molecule has 0 aromatic rings. The summed E-state index contributed by atoms with van der Waals surface area (Å²) in [5.74, 6) is -0.817. The fraction of sp³-hybridized carbons (Fsp3) is 0.961. The van der Waals surface area contributed by atoms with E-state index in [4.69, 9.17) is 14.2 Å². The maximum absolute atomic E-state index is 13.0. The Morgan fingerprint density at radius 2 is 0.325 bits per heavy atom. The van der Waals surface area contributed by atoms with E-state index >= 15 is 0 Å². The summed E-state index contributed by atoms with van der Waals surface area (Å²) in [5, 5.41) is 0. The van der Waals surface area contributed by atoms with E-state index in [0.29, 0.717) is 19.3 Å². The van der Waals surface area contributed by atoms with Gasteiger partial charge in [0.1, 0.15) is 13.2 Å². The van der Waals surface area contributed by atoms with Crippen molar-refractivity contribution in [2.75, 3.05) is 13.2 Å². The van der Waals surface area contributed by atoms with E-state index < -0.39 is 6.10 Å². The molecular formula is C77H150O6. The number of hydrogen-bond acceptors (Lipinski definition) is 6. The van der Waals surface area contributed by atoms with Gasteiger partial charge in [0.05, 0.1) is 0 Å². The Morgan fingerprint density at radius 3 is 0.482 bits per heavy atom. The fourth-order valence-corrected chi connectivity index (χ4v) is 12.3. The molecule has 0 amide bonds. The topological polar surface area (TPSA) is 78.9 Å². The third kappa shape index (κ3) is 71.1. The van der Waals surface area contributed by atoms with E-state index in [0.717, 1.165) is 57.8 Å². The average Bonchev–Trinajstić information content (AvgIpc) is 3.49. The Kier molecular flexibility index (Phi) is 71.5. The Morgan fingerprint density at radius 1 is 0.193 bits per heavy atom. The third-order valence-corrected chi connectivity index (χ3v) is 18.1. The molecule has 494 valence electrons. The van der Waals surface area contributed by atoms with Crippen molar-refractivity contribution in [1.82, 2.24) is 0 Å². The highest BCUT2D eigenvalue weighted by atomic mass is 16.6. The maximum atomic E-state index is 13.0. The molecule has 0 spiro atoms. The molecule has 0 rings (SSSR count). The molecule has 0 heterocycles. The minimum atomic E-state index is -0.764. The number of rotatable bonds is 73. The quantitative estimate of drug-likeness (QED) is 0.0343. The van der Waals surface area contributed by atoms with Gasteiger partial charge >= 0.3 is 17.9 Å². The number of carbonyl (C=O) groups is 3. The standard InChI is InChI=1S/C77H150O6/c1-4-7-10-13-16-19-22-25-28-30-32-33-34-35-36-37-38-39-40-41-42-43-44-45-46-48-49-52-55-58-61-64-67-70-76(79)82-73-74(72-81-75(78)69-66-63-60-57-54-51-27-24-21-18-15-12-9-6-3)83-77(80)71-68-65-62-59-56-53-50-47-31-29-26-23-20-17-14-11-8-5-2/h74H,4-73H2,1-3H3. The molecule has 0 saturated carbocycles. The number of hydrogen-bond donors (Lipinski definition) is 0. The fourth-order valence-electron chi connectivity index (χ4n) is 12.3. The van der Waals surface area contributed by atoms with Gasteiger partial charge < -0.3 is 14.2 Å². The van der Waals surface area contributed by atoms with Crippen molar-refractivity contribution in [3.63, 3.8) is 0 Å². The lowest BCUT2D eigenvalue weighted by molar-refractivity contribution is -0.167. The maximum Gasteiger partial charge on any atom is 0.306 e. The van der Waals surface area contributed by atoms with Crippen molar-refractivity contribution in [3.05, 3.63) is 0 Å². The van der Waals surface area contributed by atoms with Crippen molar-refractivity contribution in [1.29, 1.82) is 0 Å². The molecular weight excluding hydrogens is 1020 g/mol. The zero-order valence-corrected chi connectivity index (χ0v) is 57.0. The lowest BCUT2D eigenvalue weighted by atomic mass is 10.0. The molecule has 1 atom stereocenters. The molecule has 0 aromatic heterocycles. The Bertz CT molecular complexity index is 1250. The van der Waals surface area contributed by atoms with Gasteiger partial charge in [-0.2, -0.15) is 0 Å². The van der Waals surface area contributed by atoms with Crippen LogP contribution in [-0.2, 0) is 28.6 Å². The second kappa shape index (κ2) is 72.9. The SMILES string of the molecule is CCCCCCCCCCCCCCCCCCCCCCCCCCCCCCCCCCCC(=O)OCC(COC(=O)CCCCCCCCCCCCCCCC)OC(=O)CCCCCCCCCCCCCCCCCCCC. The summed E-state index contributed by atoms with van der Waals surface area (Å²) < 4.78 is 17.0. The highest BCUT2D eigenvalue weighted by Gasteiger charge is 2.20. The largest absolute Gasteiger partial charge is 0.462 e. The van der Waals surface area contributed by atoms with Crippen molar-refractivity contribution >= 4 is 17.9 Å². The molecule has 0 radical (unpaired) electrons. The molecule has 0 saturated heterocycles. The van der Waals surface area contributed by atoms with E-state index in [1.807, 2.05) is 0 Å². The molecule has 0 aliphatic carbocycles. The van der Waals surface area contributed by atoms with E-state index in [1.165, 1.54) is 360 Å². The smallest absolute Gasteiger partial charge is 0.306 e. The number of esters is 3. The predicted octanol–water partition coefficient (Wildman–Crippen LogP) is 26.6. The first-order valence-electron chi connectivity index (χ1n) is 38.5. The van der Waals surface area contributed by atoms with Crippen LogP contribution in [0.4, 0.5) is 0 Å². The first-order chi connectivity index (χ1) is 41.0. The van der Waals surface area contributed by atoms with E-state index in [1.54, 1.807) is 0 Å². The van der Waals surface area contributed by atoms with Crippen molar-refractivity contribution in [2.24, 2.45) is 0 Å². The summed E-state index contributed by atoms with van der Waals surface area (Å²) in [7, 11) is 0. The van der Waals surface area contributed by atoms with E-state index in [-0.39, 0.29) is 31.1 Å². The Hall–Kier alpha value is -1.59. The summed E-state index contributed by atoms with van der Waals surface area (Å²) in [4.78, 5) is 38.5. The summed E-state index contributed by atoms with van der Waals surface area (Å²) in [6, 6.07) is 0. The van der Waals surface area contributed by atoms with Crippen LogP contribution >= 0.6 is 0 Å². The molecule has 0 bridgehead atoms. The molecule has 0 aliphatic rings. The van der Waals surface area contributed by atoms with Crippen LogP contribution in [0.25, 0.3) is 0 Å². The summed E-state index contributed by atoms with van der Waals surface area (Å²) >= 11 is 0. The van der Waals surface area contributed by atoms with Crippen LogP contribution in [0.1, 0.15) is 457 Å². The second-order valence-electron chi connectivity index (χ2n) is 26.6. The van der Waals surface area contributed by atoms with Crippen LogP contribution in [0.5, 0.6) is 0 Å². The summed E-state index contributed by atoms with van der Waals surface area (Å²) in [5.41, 5.74) is 0. The average molecular weight is 1170 g/mol. The summed E-state index contributed by atoms with van der Waals surface area (Å²) in [6.45, 7) is 6.75. The van der Waals surface area contributed by atoms with Crippen LogP contribution in [0.15, 0.2) is 0 Å². The third-order valence-electron chi connectivity index (χ3n) is 18.1. The molecule has 6 heteroatoms. The zero-order chi connectivity index (χ0) is 59.9. The molecule has 0 N–H and O–H groups in total. The summed E-state index contributed by atoms with van der Waals surface area (Å²) in [6.07, 6.45) is 87.4. The molecule has 0 fully saturated rings. The van der Waals surface area contributed by atoms with Gasteiger partial charge in [-0.1, -0.05) is 419 Å². The van der Waals surface area contributed by atoms with Gasteiger partial charge in [-0.3, -0.25) is 14.4 Å². The Labute approximate surface area is 520 Å². The monoisotopic (exact) mass is 1170 g/mol. The number of unbranched alkanes of at least 4 members (excludes halogenated alkanes) is 62. The van der Waals surface area contributed by atoms with Gasteiger partial charge in [0.15, 0.2) is 6.10 Å². The second-order valence-corrected chi connectivity index (χ2v) is 26.6. The first-order valence-corrected chi connectivity index (χ1v) is 38.5. The van der Waals surface area contributed by atoms with Crippen LogP contribution in [0.2, 0.25) is 0 Å². The zero-order valence-electron chi connectivity index (χ0n) is 57.0. The van der Waals surface area contributed by atoms with Crippen LogP contribution in [0.3, 0.4) is 0 Å². The highest BCUT2D eigenvalue weighted by Crippen LogP contribution is 2.20. The highest BCUT2D eigenvalue weighted by molar-refractivity contribution is 5.71. The van der Waals surface area contributed by atoms with Gasteiger partial charge in [-0.15, -0.1) is 0 Å². The van der Waals surface area contributed by atoms with Crippen LogP contribution < -0.4 is 0 Å². The molecule has 6 nitrogen and oxygen atoms in total. The van der Waals surface area contributed by atoms with Crippen molar-refractivity contribution in [3.8, 4) is 0 Å². The lowest BCUT2D eigenvalue weighted by Gasteiger charge is -2.18. The molecule has 83 heavy (non-hydrogen) atoms. The van der Waals surface area contributed by atoms with E-state index in [2.05, 4.69) is 20.8 Å². The minimum absolute atomic E-state index is 0.0600.